The standard InChI is InChI=1S/C8H14N2O.2ClH/c1-10-6-8(4-7(10)11)2-3-9-5-8;;/h9H,2-6H2,1H3;2*1H. The van der Waals surface area contributed by atoms with Crippen LogP contribution in [0.2, 0.25) is 0 Å². The first kappa shape index (κ1) is 13.0. The van der Waals surface area contributed by atoms with Gasteiger partial charge in [0.15, 0.2) is 0 Å². The van der Waals surface area contributed by atoms with Gasteiger partial charge in [-0.25, -0.2) is 0 Å². The molecule has 0 aliphatic carbocycles. The third-order valence-corrected chi connectivity index (χ3v) is 2.86. The highest BCUT2D eigenvalue weighted by Crippen LogP contribution is 2.35. The Morgan fingerprint density at radius 3 is 2.54 bits per heavy atom. The van der Waals surface area contributed by atoms with Gasteiger partial charge >= 0.3 is 0 Å². The Labute approximate surface area is 91.1 Å². The van der Waals surface area contributed by atoms with E-state index in [2.05, 4.69) is 5.32 Å². The topological polar surface area (TPSA) is 32.3 Å². The van der Waals surface area contributed by atoms with Crippen molar-refractivity contribution in [3.63, 3.8) is 0 Å². The van der Waals surface area contributed by atoms with Crippen LogP contribution in [0.1, 0.15) is 12.8 Å². The summed E-state index contributed by atoms with van der Waals surface area (Å²) in [6, 6.07) is 0. The van der Waals surface area contributed by atoms with Crippen LogP contribution < -0.4 is 5.32 Å². The lowest BCUT2D eigenvalue weighted by Crippen LogP contribution is -2.27. The number of amides is 1. The van der Waals surface area contributed by atoms with Crippen LogP contribution in [0.15, 0.2) is 0 Å². The van der Waals surface area contributed by atoms with E-state index in [4.69, 9.17) is 0 Å². The number of hydrogen-bond acceptors (Lipinski definition) is 2. The first-order valence-corrected chi connectivity index (χ1v) is 4.17. The van der Waals surface area contributed by atoms with Crippen LogP contribution in [0, 0.1) is 5.41 Å². The number of nitrogens with zero attached hydrogens (tertiary/aromatic N) is 1. The zero-order chi connectivity index (χ0) is 7.90. The molecule has 0 radical (unpaired) electrons. The Kier molecular flexibility index (Phi) is 4.49. The van der Waals surface area contributed by atoms with Gasteiger partial charge in [0.05, 0.1) is 0 Å². The average Bonchev–Trinajstić information content (AvgIpc) is 2.46. The van der Waals surface area contributed by atoms with Crippen LogP contribution in [0.3, 0.4) is 0 Å². The molecule has 2 aliphatic heterocycles. The maximum absolute atomic E-state index is 11.2. The van der Waals surface area contributed by atoms with Crippen LogP contribution in [0.4, 0.5) is 0 Å². The molecule has 2 rings (SSSR count). The van der Waals surface area contributed by atoms with Crippen molar-refractivity contribution in [3.8, 4) is 0 Å². The minimum Gasteiger partial charge on any atom is -0.345 e. The summed E-state index contributed by atoms with van der Waals surface area (Å²) in [5.74, 6) is 0.314. The van der Waals surface area contributed by atoms with Gasteiger partial charge in [-0.15, -0.1) is 24.8 Å². The van der Waals surface area contributed by atoms with Gasteiger partial charge in [0.25, 0.3) is 0 Å². The molecule has 2 saturated heterocycles. The van der Waals surface area contributed by atoms with Crippen LogP contribution in [-0.4, -0.2) is 37.5 Å². The van der Waals surface area contributed by atoms with Gasteiger partial charge in [-0.3, -0.25) is 4.79 Å². The first-order valence-electron chi connectivity index (χ1n) is 4.17. The zero-order valence-electron chi connectivity index (χ0n) is 7.71. The van der Waals surface area contributed by atoms with E-state index in [1.54, 1.807) is 0 Å². The Balaban J connectivity index is 0.000000720. The van der Waals surface area contributed by atoms with E-state index < -0.39 is 0 Å². The second-order valence-electron chi connectivity index (χ2n) is 3.85. The molecule has 0 saturated carbocycles. The predicted octanol–water partition coefficient (Wildman–Crippen LogP) is 0.672. The molecule has 0 aromatic heterocycles. The summed E-state index contributed by atoms with van der Waals surface area (Å²) >= 11 is 0. The van der Waals surface area contributed by atoms with Crippen LogP contribution in [0.5, 0.6) is 0 Å². The summed E-state index contributed by atoms with van der Waals surface area (Å²) < 4.78 is 0. The number of nitrogens with one attached hydrogen (secondary N) is 1. The summed E-state index contributed by atoms with van der Waals surface area (Å²) in [4.78, 5) is 13.1. The molecule has 2 fully saturated rings. The lowest BCUT2D eigenvalue weighted by Gasteiger charge is -2.19. The second kappa shape index (κ2) is 4.49. The maximum Gasteiger partial charge on any atom is 0.223 e. The highest BCUT2D eigenvalue weighted by molar-refractivity contribution is 5.85. The van der Waals surface area contributed by atoms with E-state index in [9.17, 15) is 4.79 Å². The fourth-order valence-electron chi connectivity index (χ4n) is 2.18. The molecule has 78 valence electrons. The highest BCUT2D eigenvalue weighted by Gasteiger charge is 2.43. The summed E-state index contributed by atoms with van der Waals surface area (Å²) in [6.07, 6.45) is 1.93. The number of halogens is 2. The molecule has 5 heteroatoms. The Bertz CT molecular complexity index is 193. The lowest BCUT2D eigenvalue weighted by atomic mass is 9.86. The number of hydrogen-bond donors (Lipinski definition) is 1. The van der Waals surface area contributed by atoms with Crippen LogP contribution in [-0.2, 0) is 4.79 Å². The molecule has 1 amide bonds. The van der Waals surface area contributed by atoms with Gasteiger partial charge in [0.1, 0.15) is 0 Å². The largest absolute Gasteiger partial charge is 0.345 e. The molecule has 2 heterocycles. The van der Waals surface area contributed by atoms with Gasteiger partial charge < -0.3 is 10.2 Å². The number of rotatable bonds is 0. The van der Waals surface area contributed by atoms with Crippen molar-refractivity contribution in [1.82, 2.24) is 10.2 Å². The predicted molar refractivity (Wildman–Crippen MR) is 56.7 cm³/mol. The van der Waals surface area contributed by atoms with E-state index in [0.717, 1.165) is 26.1 Å². The SMILES string of the molecule is CN1CC2(CCNC2)CC1=O.Cl.Cl. The lowest BCUT2D eigenvalue weighted by molar-refractivity contribution is -0.126. The van der Waals surface area contributed by atoms with E-state index >= 15 is 0 Å². The minimum atomic E-state index is 0. The Morgan fingerprint density at radius 2 is 2.15 bits per heavy atom. The smallest absolute Gasteiger partial charge is 0.223 e. The molecular formula is C8H16Cl2N2O. The number of carbonyl (C=O) groups excluding carboxylic acids is 1. The average molecular weight is 227 g/mol. The van der Waals surface area contributed by atoms with Gasteiger partial charge in [-0.1, -0.05) is 0 Å². The van der Waals surface area contributed by atoms with Gasteiger partial charge in [-0.2, -0.15) is 0 Å². The molecule has 13 heavy (non-hydrogen) atoms. The molecule has 1 N–H and O–H groups in total. The number of likely N-dealkylation sites (tertiary alicyclic amines) is 1. The van der Waals surface area contributed by atoms with Gasteiger partial charge in [0.2, 0.25) is 5.91 Å². The zero-order valence-corrected chi connectivity index (χ0v) is 9.34. The monoisotopic (exact) mass is 226 g/mol. The molecule has 0 bridgehead atoms. The van der Waals surface area contributed by atoms with E-state index in [1.165, 1.54) is 6.42 Å². The Morgan fingerprint density at radius 1 is 1.46 bits per heavy atom. The molecule has 0 aromatic carbocycles. The maximum atomic E-state index is 11.2. The van der Waals surface area contributed by atoms with Crippen molar-refractivity contribution in [3.05, 3.63) is 0 Å². The minimum absolute atomic E-state index is 0. The summed E-state index contributed by atoms with van der Waals surface area (Å²) in [7, 11) is 1.90. The van der Waals surface area contributed by atoms with E-state index in [1.807, 2.05) is 11.9 Å². The molecule has 0 aromatic rings. The highest BCUT2D eigenvalue weighted by atomic mass is 35.5. The molecule has 1 unspecified atom stereocenters. The van der Waals surface area contributed by atoms with Crippen molar-refractivity contribution in [1.29, 1.82) is 0 Å². The van der Waals surface area contributed by atoms with E-state index in [-0.39, 0.29) is 24.8 Å². The fourth-order valence-corrected chi connectivity index (χ4v) is 2.18. The normalized spacial score (nSPS) is 31.8. The molecule has 1 atom stereocenters. The summed E-state index contributed by atoms with van der Waals surface area (Å²) in [5.41, 5.74) is 0.297. The molecule has 1 spiro atoms. The van der Waals surface area contributed by atoms with E-state index in [0.29, 0.717) is 11.3 Å². The molecule has 2 aliphatic rings. The first-order chi connectivity index (χ1) is 5.22. The Hall–Kier alpha value is 0.01000. The van der Waals surface area contributed by atoms with Crippen molar-refractivity contribution in [2.24, 2.45) is 5.41 Å². The van der Waals surface area contributed by atoms with Crippen molar-refractivity contribution < 1.29 is 4.79 Å². The van der Waals surface area contributed by atoms with Gasteiger partial charge in [0, 0.05) is 32.0 Å². The third-order valence-electron chi connectivity index (χ3n) is 2.86. The third kappa shape index (κ3) is 2.27. The second-order valence-corrected chi connectivity index (χ2v) is 3.85. The van der Waals surface area contributed by atoms with Crippen LogP contribution >= 0.6 is 24.8 Å². The molecule has 3 nitrogen and oxygen atoms in total. The van der Waals surface area contributed by atoms with Crippen molar-refractivity contribution in [2.75, 3.05) is 26.7 Å². The number of carbonyl (C=O) groups is 1. The summed E-state index contributed by atoms with van der Waals surface area (Å²) in [5, 5.41) is 3.32. The quantitative estimate of drug-likeness (QED) is 0.659. The summed E-state index contributed by atoms with van der Waals surface area (Å²) in [6.45, 7) is 3.07. The van der Waals surface area contributed by atoms with Gasteiger partial charge in [-0.05, 0) is 13.0 Å². The van der Waals surface area contributed by atoms with Crippen molar-refractivity contribution >= 4 is 30.7 Å². The van der Waals surface area contributed by atoms with Crippen molar-refractivity contribution in [2.45, 2.75) is 12.8 Å². The molecular weight excluding hydrogens is 211 g/mol. The van der Waals surface area contributed by atoms with Crippen LogP contribution in [0.25, 0.3) is 0 Å². The fraction of sp³-hybridized carbons (Fsp3) is 0.875.